The maximum atomic E-state index is 11.6. The summed E-state index contributed by atoms with van der Waals surface area (Å²) in [5, 5.41) is 4.19. The minimum absolute atomic E-state index is 0.0578. The maximum absolute atomic E-state index is 11.6. The lowest BCUT2D eigenvalue weighted by Crippen LogP contribution is -2.33. The molecule has 0 aromatic carbocycles. The molecule has 0 spiro atoms. The highest BCUT2D eigenvalue weighted by molar-refractivity contribution is 7.11. The van der Waals surface area contributed by atoms with Crippen LogP contribution in [0, 0.1) is 13.8 Å². The van der Waals surface area contributed by atoms with E-state index in [4.69, 9.17) is 4.74 Å². The molecular weight excluding hydrogens is 248 g/mol. The number of aromatic nitrogens is 1. The SMILES string of the molecule is Cc1nc(C(C)NCC(=O)OC(C)(C)C)c(C)s1. The first-order chi connectivity index (χ1) is 8.19. The number of aryl methyl sites for hydroxylation is 2. The molecule has 1 aromatic heterocycles. The molecule has 18 heavy (non-hydrogen) atoms. The van der Waals surface area contributed by atoms with Crippen molar-refractivity contribution in [2.75, 3.05) is 6.54 Å². The predicted octanol–water partition coefficient (Wildman–Crippen LogP) is 2.75. The molecule has 0 saturated heterocycles. The van der Waals surface area contributed by atoms with Crippen molar-refractivity contribution in [3.05, 3.63) is 15.6 Å². The summed E-state index contributed by atoms with van der Waals surface area (Å²) in [5.41, 5.74) is 0.579. The van der Waals surface area contributed by atoms with Gasteiger partial charge in [0, 0.05) is 10.9 Å². The van der Waals surface area contributed by atoms with Crippen molar-refractivity contribution < 1.29 is 9.53 Å². The van der Waals surface area contributed by atoms with Gasteiger partial charge in [-0.3, -0.25) is 10.1 Å². The lowest BCUT2D eigenvalue weighted by atomic mass is 10.2. The monoisotopic (exact) mass is 270 g/mol. The van der Waals surface area contributed by atoms with Crippen molar-refractivity contribution in [1.82, 2.24) is 10.3 Å². The van der Waals surface area contributed by atoms with Gasteiger partial charge in [-0.2, -0.15) is 0 Å². The Bertz CT molecular complexity index is 421. The average Bonchev–Trinajstić information content (AvgIpc) is 2.52. The van der Waals surface area contributed by atoms with Gasteiger partial charge >= 0.3 is 5.97 Å². The van der Waals surface area contributed by atoms with Crippen LogP contribution in [-0.4, -0.2) is 23.1 Å². The molecule has 5 heteroatoms. The van der Waals surface area contributed by atoms with Gasteiger partial charge in [0.1, 0.15) is 5.60 Å². The molecule has 0 bridgehead atoms. The van der Waals surface area contributed by atoms with Crippen LogP contribution in [-0.2, 0) is 9.53 Å². The molecule has 1 aromatic rings. The van der Waals surface area contributed by atoms with Gasteiger partial charge in [-0.25, -0.2) is 4.98 Å². The number of ether oxygens (including phenoxy) is 1. The third-order valence-electron chi connectivity index (χ3n) is 2.32. The number of esters is 1. The van der Waals surface area contributed by atoms with E-state index in [1.807, 2.05) is 41.5 Å². The van der Waals surface area contributed by atoms with Gasteiger partial charge in [-0.1, -0.05) is 0 Å². The van der Waals surface area contributed by atoms with E-state index in [1.54, 1.807) is 11.3 Å². The minimum atomic E-state index is -0.435. The van der Waals surface area contributed by atoms with Crippen molar-refractivity contribution >= 4 is 17.3 Å². The maximum Gasteiger partial charge on any atom is 0.320 e. The fourth-order valence-electron chi connectivity index (χ4n) is 1.66. The quantitative estimate of drug-likeness (QED) is 0.855. The first-order valence-corrected chi connectivity index (χ1v) is 6.90. The number of carbonyl (C=O) groups excluding carboxylic acids is 1. The van der Waals surface area contributed by atoms with Crippen molar-refractivity contribution in [3.63, 3.8) is 0 Å². The second kappa shape index (κ2) is 5.80. The molecular formula is C13H22N2O2S. The Kier molecular flexibility index (Phi) is 4.87. The Morgan fingerprint density at radius 1 is 1.44 bits per heavy atom. The smallest absolute Gasteiger partial charge is 0.320 e. The molecule has 4 nitrogen and oxygen atoms in total. The topological polar surface area (TPSA) is 51.2 Å². The van der Waals surface area contributed by atoms with Crippen LogP contribution in [0.4, 0.5) is 0 Å². The van der Waals surface area contributed by atoms with E-state index in [0.717, 1.165) is 10.7 Å². The molecule has 1 atom stereocenters. The number of thiazole rings is 1. The van der Waals surface area contributed by atoms with E-state index in [9.17, 15) is 4.79 Å². The van der Waals surface area contributed by atoms with Crippen LogP contribution in [0.3, 0.4) is 0 Å². The summed E-state index contributed by atoms with van der Waals surface area (Å²) in [4.78, 5) is 17.2. The molecule has 102 valence electrons. The zero-order valence-corrected chi connectivity index (χ0v) is 12.8. The summed E-state index contributed by atoms with van der Waals surface area (Å²) in [6.45, 7) is 11.8. The summed E-state index contributed by atoms with van der Waals surface area (Å²) >= 11 is 1.67. The van der Waals surface area contributed by atoms with E-state index < -0.39 is 5.60 Å². The Morgan fingerprint density at radius 3 is 2.50 bits per heavy atom. The van der Waals surface area contributed by atoms with Crippen LogP contribution in [0.2, 0.25) is 0 Å². The van der Waals surface area contributed by atoms with Crippen LogP contribution in [0.25, 0.3) is 0 Å². The predicted molar refractivity (Wildman–Crippen MR) is 73.9 cm³/mol. The molecule has 0 aliphatic carbocycles. The highest BCUT2D eigenvalue weighted by Crippen LogP contribution is 2.22. The van der Waals surface area contributed by atoms with E-state index in [1.165, 1.54) is 4.88 Å². The second-order valence-corrected chi connectivity index (χ2v) is 6.77. The molecule has 0 aliphatic rings. The number of hydrogen-bond acceptors (Lipinski definition) is 5. The van der Waals surface area contributed by atoms with Crippen LogP contribution < -0.4 is 5.32 Å². The van der Waals surface area contributed by atoms with Crippen molar-refractivity contribution in [2.24, 2.45) is 0 Å². The van der Waals surface area contributed by atoms with Crippen molar-refractivity contribution in [2.45, 2.75) is 53.2 Å². The Hall–Kier alpha value is -0.940. The average molecular weight is 270 g/mol. The largest absolute Gasteiger partial charge is 0.459 e. The van der Waals surface area contributed by atoms with E-state index in [0.29, 0.717) is 0 Å². The first-order valence-electron chi connectivity index (χ1n) is 6.08. The van der Waals surface area contributed by atoms with E-state index in [-0.39, 0.29) is 18.6 Å². The number of carbonyl (C=O) groups is 1. The van der Waals surface area contributed by atoms with Crippen molar-refractivity contribution in [1.29, 1.82) is 0 Å². The van der Waals surface area contributed by atoms with Crippen LogP contribution in [0.5, 0.6) is 0 Å². The van der Waals surface area contributed by atoms with Gasteiger partial charge in [0.2, 0.25) is 0 Å². The van der Waals surface area contributed by atoms with Gasteiger partial charge in [0.15, 0.2) is 0 Å². The van der Waals surface area contributed by atoms with Gasteiger partial charge in [-0.05, 0) is 41.5 Å². The molecule has 1 unspecified atom stereocenters. The van der Waals surface area contributed by atoms with Crippen LogP contribution >= 0.6 is 11.3 Å². The highest BCUT2D eigenvalue weighted by atomic mass is 32.1. The molecule has 1 N–H and O–H groups in total. The first kappa shape index (κ1) is 15.1. The van der Waals surface area contributed by atoms with Crippen molar-refractivity contribution in [3.8, 4) is 0 Å². The zero-order valence-electron chi connectivity index (χ0n) is 12.0. The number of nitrogens with zero attached hydrogens (tertiary/aromatic N) is 1. The Balaban J connectivity index is 2.49. The fourth-order valence-corrected chi connectivity index (χ4v) is 2.57. The summed E-state index contributed by atoms with van der Waals surface area (Å²) in [6.07, 6.45) is 0. The summed E-state index contributed by atoms with van der Waals surface area (Å²) in [5.74, 6) is -0.237. The van der Waals surface area contributed by atoms with Crippen LogP contribution in [0.1, 0.15) is 49.3 Å². The zero-order chi connectivity index (χ0) is 13.9. The molecule has 1 rings (SSSR count). The van der Waals surface area contributed by atoms with Gasteiger partial charge in [0.05, 0.1) is 17.2 Å². The second-order valence-electron chi connectivity index (χ2n) is 5.36. The molecule has 0 saturated carbocycles. The lowest BCUT2D eigenvalue weighted by Gasteiger charge is -2.20. The Labute approximate surface area is 113 Å². The summed E-state index contributed by atoms with van der Waals surface area (Å²) in [7, 11) is 0. The van der Waals surface area contributed by atoms with Gasteiger partial charge < -0.3 is 4.74 Å². The molecule has 0 aliphatic heterocycles. The standard InChI is InChI=1S/C13H22N2O2S/c1-8(12-9(2)18-10(3)15-12)14-7-11(16)17-13(4,5)6/h8,14H,7H2,1-6H3. The molecule has 0 fully saturated rings. The number of rotatable bonds is 4. The fraction of sp³-hybridized carbons (Fsp3) is 0.692. The third-order valence-corrected chi connectivity index (χ3v) is 3.22. The number of hydrogen-bond donors (Lipinski definition) is 1. The van der Waals surface area contributed by atoms with E-state index >= 15 is 0 Å². The molecule has 1 heterocycles. The summed E-state index contributed by atoms with van der Waals surface area (Å²) in [6, 6.07) is 0.0578. The Morgan fingerprint density at radius 2 is 2.06 bits per heavy atom. The van der Waals surface area contributed by atoms with Gasteiger partial charge in [-0.15, -0.1) is 11.3 Å². The molecule has 0 amide bonds. The van der Waals surface area contributed by atoms with Crippen LogP contribution in [0.15, 0.2) is 0 Å². The minimum Gasteiger partial charge on any atom is -0.459 e. The van der Waals surface area contributed by atoms with E-state index in [2.05, 4.69) is 10.3 Å². The number of nitrogens with one attached hydrogen (secondary N) is 1. The highest BCUT2D eigenvalue weighted by Gasteiger charge is 2.18. The van der Waals surface area contributed by atoms with Gasteiger partial charge in [0.25, 0.3) is 0 Å². The summed E-state index contributed by atoms with van der Waals surface area (Å²) < 4.78 is 5.24. The lowest BCUT2D eigenvalue weighted by molar-refractivity contribution is -0.153. The molecule has 0 radical (unpaired) electrons. The third kappa shape index (κ3) is 4.74. The normalized spacial score (nSPS) is 13.4.